The van der Waals surface area contributed by atoms with Crippen LogP contribution in [0.3, 0.4) is 0 Å². The van der Waals surface area contributed by atoms with E-state index >= 15 is 0 Å². The molecule has 0 spiro atoms. The third kappa shape index (κ3) is 4.03. The molecule has 4 heteroatoms. The second-order valence-corrected chi connectivity index (χ2v) is 23.0. The van der Waals surface area contributed by atoms with Crippen molar-refractivity contribution in [1.29, 1.82) is 0 Å². The zero-order valence-corrected chi connectivity index (χ0v) is 25.8. The molecule has 0 amide bonds. The number of hydrogen-bond donors (Lipinski definition) is 0. The zero-order chi connectivity index (χ0) is 26.9. The monoisotopic (exact) mass is 562 g/mol. The van der Waals surface area contributed by atoms with Gasteiger partial charge in [-0.1, -0.05) is 19.9 Å². The number of furan rings is 1. The first-order valence-electron chi connectivity index (χ1n) is 13.7. The molecule has 0 aliphatic heterocycles. The van der Waals surface area contributed by atoms with Gasteiger partial charge in [-0.15, -0.1) is 0 Å². The number of fused-ring (bicyclic) bond motifs is 6. The van der Waals surface area contributed by atoms with Gasteiger partial charge in [-0.3, -0.25) is 0 Å². The van der Waals surface area contributed by atoms with E-state index in [-0.39, 0.29) is 5.92 Å². The van der Waals surface area contributed by atoms with Gasteiger partial charge >= 0.3 is 197 Å². The van der Waals surface area contributed by atoms with E-state index in [1.54, 1.807) is 0 Å². The van der Waals surface area contributed by atoms with E-state index in [4.69, 9.17) is 14.4 Å². The van der Waals surface area contributed by atoms with Gasteiger partial charge in [-0.25, -0.2) is 0 Å². The summed E-state index contributed by atoms with van der Waals surface area (Å²) in [6.07, 6.45) is 0. The molecule has 0 atom stereocenters. The molecule has 2 heterocycles. The van der Waals surface area contributed by atoms with Gasteiger partial charge in [0.1, 0.15) is 0 Å². The first-order valence-corrected chi connectivity index (χ1v) is 21.1. The Morgan fingerprint density at radius 2 is 1.53 bits per heavy atom. The summed E-state index contributed by atoms with van der Waals surface area (Å²) in [5.41, 5.74) is 7.42. The molecule has 0 saturated heterocycles. The third-order valence-electron chi connectivity index (χ3n) is 7.82. The van der Waals surface area contributed by atoms with Gasteiger partial charge in [0.05, 0.1) is 0 Å². The van der Waals surface area contributed by atoms with Crippen LogP contribution in [0, 0.1) is 6.92 Å². The predicted molar refractivity (Wildman–Crippen MR) is 166 cm³/mol. The van der Waals surface area contributed by atoms with E-state index in [9.17, 15) is 0 Å². The standard InChI is InChI=1S/C34H36GeN2O/c1-19(2)22-12-14-25-26-10-9-11-28(33(26)38-29(25)18-22)31-27-15-13-23-17-24(35(6,7)8)16-21(5)30(23)32(27)37-34(36-31)20(3)4/h9-20H,1-8H3. The Hall–Kier alpha value is -3.18. The van der Waals surface area contributed by atoms with E-state index < -0.39 is 13.3 Å². The van der Waals surface area contributed by atoms with Crippen molar-refractivity contribution in [2.24, 2.45) is 0 Å². The molecular weight excluding hydrogens is 525 g/mol. The van der Waals surface area contributed by atoms with Gasteiger partial charge in [-0.2, -0.15) is 0 Å². The van der Waals surface area contributed by atoms with E-state index in [1.165, 1.54) is 26.3 Å². The molecular formula is C34H36GeN2O. The summed E-state index contributed by atoms with van der Waals surface area (Å²) in [7, 11) is 0. The first kappa shape index (κ1) is 25.1. The normalized spacial score (nSPS) is 12.7. The Labute approximate surface area is 227 Å². The van der Waals surface area contributed by atoms with Crippen molar-refractivity contribution in [3.8, 4) is 11.3 Å². The van der Waals surface area contributed by atoms with Crippen LogP contribution in [0.25, 0.3) is 54.9 Å². The molecule has 2 aromatic heterocycles. The van der Waals surface area contributed by atoms with Crippen molar-refractivity contribution in [2.75, 3.05) is 0 Å². The SMILES string of the molecule is Cc1c[c]([Ge]([CH3])([CH3])[CH3])cc2ccc3c(-c4cccc5c4oc4cc(C(C)C)ccc45)nc(C(C)C)nc3c12. The molecule has 192 valence electrons. The van der Waals surface area contributed by atoms with Crippen molar-refractivity contribution in [3.05, 3.63) is 77.6 Å². The minimum atomic E-state index is -1.98. The van der Waals surface area contributed by atoms with Crippen LogP contribution in [0.15, 0.2) is 65.1 Å². The number of aromatic nitrogens is 2. The van der Waals surface area contributed by atoms with Crippen molar-refractivity contribution in [3.63, 3.8) is 0 Å². The van der Waals surface area contributed by atoms with Crippen LogP contribution in [0.2, 0.25) is 17.3 Å². The van der Waals surface area contributed by atoms with Crippen LogP contribution in [-0.4, -0.2) is 23.2 Å². The van der Waals surface area contributed by atoms with Crippen molar-refractivity contribution in [2.45, 2.75) is 63.7 Å². The van der Waals surface area contributed by atoms with Crippen LogP contribution in [0.4, 0.5) is 0 Å². The predicted octanol–water partition coefficient (Wildman–Crippen LogP) is 9.45. The Balaban J connectivity index is 1.69. The van der Waals surface area contributed by atoms with Gasteiger partial charge in [0.2, 0.25) is 0 Å². The average Bonchev–Trinajstić information content (AvgIpc) is 3.25. The van der Waals surface area contributed by atoms with Crippen molar-refractivity contribution < 1.29 is 4.42 Å². The molecule has 6 aromatic rings. The Morgan fingerprint density at radius 1 is 0.763 bits per heavy atom. The fourth-order valence-corrected chi connectivity index (χ4v) is 8.13. The Morgan fingerprint density at radius 3 is 2.24 bits per heavy atom. The fourth-order valence-electron chi connectivity index (χ4n) is 5.53. The maximum atomic E-state index is 6.59. The van der Waals surface area contributed by atoms with Gasteiger partial charge in [0.15, 0.2) is 0 Å². The first-order chi connectivity index (χ1) is 18.0. The molecule has 0 N–H and O–H groups in total. The summed E-state index contributed by atoms with van der Waals surface area (Å²) < 4.78 is 8.12. The molecule has 3 nitrogen and oxygen atoms in total. The van der Waals surface area contributed by atoms with Crippen LogP contribution in [0.5, 0.6) is 0 Å². The molecule has 38 heavy (non-hydrogen) atoms. The van der Waals surface area contributed by atoms with Crippen LogP contribution >= 0.6 is 0 Å². The number of hydrogen-bond acceptors (Lipinski definition) is 3. The minimum absolute atomic E-state index is 0.209. The van der Waals surface area contributed by atoms with Crippen LogP contribution in [0.1, 0.15) is 56.5 Å². The molecule has 0 bridgehead atoms. The van der Waals surface area contributed by atoms with E-state index in [1.807, 2.05) is 0 Å². The summed E-state index contributed by atoms with van der Waals surface area (Å²) >= 11 is -1.98. The summed E-state index contributed by atoms with van der Waals surface area (Å²) in [6.45, 7) is 11.0. The molecule has 0 fully saturated rings. The summed E-state index contributed by atoms with van der Waals surface area (Å²) in [5.74, 6) is 8.89. The second kappa shape index (κ2) is 8.95. The molecule has 0 radical (unpaired) electrons. The van der Waals surface area contributed by atoms with Crippen molar-refractivity contribution >= 4 is 61.3 Å². The number of benzene rings is 4. The molecule has 0 aliphatic carbocycles. The molecule has 0 unspecified atom stereocenters. The molecule has 6 rings (SSSR count). The van der Waals surface area contributed by atoms with E-state index in [2.05, 4.69) is 113 Å². The van der Waals surface area contributed by atoms with Gasteiger partial charge in [0.25, 0.3) is 0 Å². The number of para-hydroxylation sites is 1. The maximum absolute atomic E-state index is 6.59. The quantitative estimate of drug-likeness (QED) is 0.159. The third-order valence-corrected chi connectivity index (χ3v) is 12.1. The summed E-state index contributed by atoms with van der Waals surface area (Å²) in [4.78, 5) is 10.3. The Bertz CT molecular complexity index is 1870. The average molecular weight is 561 g/mol. The van der Waals surface area contributed by atoms with Crippen LogP contribution < -0.4 is 4.40 Å². The second-order valence-electron chi connectivity index (χ2n) is 12.4. The molecule has 4 aromatic carbocycles. The van der Waals surface area contributed by atoms with Gasteiger partial charge in [-0.05, 0) is 11.5 Å². The molecule has 0 saturated carbocycles. The van der Waals surface area contributed by atoms with E-state index in [0.717, 1.165) is 49.9 Å². The van der Waals surface area contributed by atoms with Gasteiger partial charge < -0.3 is 0 Å². The zero-order valence-electron chi connectivity index (χ0n) is 23.7. The topological polar surface area (TPSA) is 38.9 Å². The van der Waals surface area contributed by atoms with Gasteiger partial charge in [0, 0.05) is 0 Å². The number of rotatable bonds is 4. The molecule has 0 aliphatic rings. The number of nitrogens with zero attached hydrogens (tertiary/aromatic N) is 2. The van der Waals surface area contributed by atoms with Crippen LogP contribution in [-0.2, 0) is 0 Å². The summed E-state index contributed by atoms with van der Waals surface area (Å²) in [6, 6.07) is 22.3. The Kier molecular flexibility index (Phi) is 5.91. The van der Waals surface area contributed by atoms with Crippen molar-refractivity contribution in [1.82, 2.24) is 9.97 Å². The number of aryl methyl sites for hydroxylation is 1. The van der Waals surface area contributed by atoms with E-state index in [0.29, 0.717) is 5.92 Å². The fraction of sp³-hybridized carbons (Fsp3) is 0.294. The summed E-state index contributed by atoms with van der Waals surface area (Å²) in [5, 5.41) is 5.86.